The van der Waals surface area contributed by atoms with Crippen molar-refractivity contribution in [2.75, 3.05) is 18.4 Å². The number of carbonyl (C=O) groups excluding carboxylic acids is 1. The van der Waals surface area contributed by atoms with Gasteiger partial charge in [-0.2, -0.15) is 0 Å². The van der Waals surface area contributed by atoms with Gasteiger partial charge in [0.25, 0.3) is 0 Å². The summed E-state index contributed by atoms with van der Waals surface area (Å²) in [5, 5.41) is 5.40. The van der Waals surface area contributed by atoms with Gasteiger partial charge in [-0.05, 0) is 51.3 Å². The number of imidazole rings is 1. The minimum atomic E-state index is -0.529. The van der Waals surface area contributed by atoms with Crippen molar-refractivity contribution in [3.63, 3.8) is 0 Å². The van der Waals surface area contributed by atoms with Crippen molar-refractivity contribution in [3.8, 4) is 22.6 Å². The topological polar surface area (TPSA) is 89.0 Å². The zero-order chi connectivity index (χ0) is 25.3. The van der Waals surface area contributed by atoms with Gasteiger partial charge in [0, 0.05) is 36.9 Å². The molecule has 0 radical (unpaired) electrons. The Morgan fingerprint density at radius 2 is 2.14 bits per heavy atom. The highest BCUT2D eigenvalue weighted by Gasteiger charge is 2.28. The molecule has 1 aliphatic heterocycles. The van der Waals surface area contributed by atoms with Crippen LogP contribution in [-0.2, 0) is 4.74 Å². The van der Waals surface area contributed by atoms with Crippen LogP contribution in [0.1, 0.15) is 33.6 Å². The van der Waals surface area contributed by atoms with Crippen LogP contribution >= 0.6 is 11.3 Å². The molecule has 36 heavy (non-hydrogen) atoms. The van der Waals surface area contributed by atoms with Crippen molar-refractivity contribution < 1.29 is 9.53 Å². The Morgan fingerprint density at radius 3 is 2.94 bits per heavy atom. The Morgan fingerprint density at radius 1 is 1.28 bits per heavy atom. The molecule has 10 heteroatoms. The first-order valence-corrected chi connectivity index (χ1v) is 12.7. The Hall–Kier alpha value is -3.97. The summed E-state index contributed by atoms with van der Waals surface area (Å²) in [5.74, 6) is 0.495. The molecule has 4 aromatic rings. The molecule has 4 heterocycles. The molecule has 1 fully saturated rings. The van der Waals surface area contributed by atoms with Gasteiger partial charge in [0.05, 0.1) is 18.0 Å². The van der Waals surface area contributed by atoms with E-state index in [1.165, 1.54) is 0 Å². The third-order valence-electron chi connectivity index (χ3n) is 5.82. The molecule has 1 amide bonds. The molecular weight excluding hydrogens is 474 g/mol. The summed E-state index contributed by atoms with van der Waals surface area (Å²) >= 11 is 1.54. The van der Waals surface area contributed by atoms with E-state index in [9.17, 15) is 4.79 Å². The van der Waals surface area contributed by atoms with Crippen molar-refractivity contribution in [2.45, 2.75) is 45.3 Å². The second kappa shape index (κ2) is 9.59. The van der Waals surface area contributed by atoms with Crippen LogP contribution in [0.3, 0.4) is 0 Å². The quantitative estimate of drug-likeness (QED) is 0.351. The van der Waals surface area contributed by atoms with E-state index in [1.54, 1.807) is 28.5 Å². The van der Waals surface area contributed by atoms with Crippen molar-refractivity contribution >= 4 is 34.0 Å². The molecule has 0 bridgehead atoms. The maximum Gasteiger partial charge on any atom is 0.410 e. The normalized spacial score (nSPS) is 16.1. The maximum absolute atomic E-state index is 12.6. The first kappa shape index (κ1) is 23.8. The van der Waals surface area contributed by atoms with Crippen LogP contribution in [0.2, 0.25) is 0 Å². The molecule has 1 aliphatic rings. The van der Waals surface area contributed by atoms with E-state index in [1.807, 2.05) is 61.0 Å². The molecule has 9 nitrogen and oxygen atoms in total. The number of ether oxygens (including phenoxy) is 1. The number of benzene rings is 1. The Kier molecular flexibility index (Phi) is 6.33. The number of likely N-dealkylation sites (tertiary alicyclic amines) is 1. The first-order chi connectivity index (χ1) is 17.3. The largest absolute Gasteiger partial charge is 0.444 e. The van der Waals surface area contributed by atoms with Crippen LogP contribution in [0.25, 0.3) is 32.5 Å². The third kappa shape index (κ3) is 5.02. The summed E-state index contributed by atoms with van der Waals surface area (Å²) in [6.45, 7) is 14.2. The highest BCUT2D eigenvalue weighted by atomic mass is 32.1. The number of fused-ring (bicyclic) bond motifs is 1. The van der Waals surface area contributed by atoms with Gasteiger partial charge in [-0.25, -0.2) is 24.6 Å². The number of hydrogen-bond donors (Lipinski definition) is 1. The Labute approximate surface area is 213 Å². The molecule has 5 rings (SSSR count). The smallest absolute Gasteiger partial charge is 0.410 e. The number of amides is 1. The number of hydrogen-bond acceptors (Lipinski definition) is 7. The number of anilines is 1. The first-order valence-electron chi connectivity index (χ1n) is 11.8. The van der Waals surface area contributed by atoms with Crippen LogP contribution in [0.5, 0.6) is 0 Å². The van der Waals surface area contributed by atoms with Gasteiger partial charge in [-0.3, -0.25) is 4.40 Å². The zero-order valence-corrected chi connectivity index (χ0v) is 21.2. The number of rotatable bonds is 4. The lowest BCUT2D eigenvalue weighted by Crippen LogP contribution is -2.47. The van der Waals surface area contributed by atoms with Gasteiger partial charge in [0.1, 0.15) is 11.3 Å². The fourth-order valence-electron chi connectivity index (χ4n) is 4.28. The van der Waals surface area contributed by atoms with E-state index in [-0.39, 0.29) is 12.1 Å². The average molecular weight is 502 g/mol. The van der Waals surface area contributed by atoms with Crippen LogP contribution in [-0.4, -0.2) is 55.1 Å². The summed E-state index contributed by atoms with van der Waals surface area (Å²) in [6.07, 6.45) is 5.18. The zero-order valence-electron chi connectivity index (χ0n) is 20.4. The van der Waals surface area contributed by atoms with Gasteiger partial charge < -0.3 is 15.0 Å². The van der Waals surface area contributed by atoms with Gasteiger partial charge >= 0.3 is 6.09 Å². The number of nitrogens with zero attached hydrogens (tertiary/aromatic N) is 6. The molecule has 0 unspecified atom stereocenters. The summed E-state index contributed by atoms with van der Waals surface area (Å²) in [6, 6.07) is 9.33. The van der Waals surface area contributed by atoms with Crippen LogP contribution in [0.4, 0.5) is 16.4 Å². The lowest BCUT2D eigenvalue weighted by atomic mass is 10.1. The van der Waals surface area contributed by atoms with E-state index < -0.39 is 5.60 Å². The summed E-state index contributed by atoms with van der Waals surface area (Å²) in [7, 11) is 0. The predicted octanol–water partition coefficient (Wildman–Crippen LogP) is 5.88. The van der Waals surface area contributed by atoms with E-state index in [0.29, 0.717) is 24.7 Å². The lowest BCUT2D eigenvalue weighted by molar-refractivity contribution is 0.0206. The van der Waals surface area contributed by atoms with Gasteiger partial charge in [-0.1, -0.05) is 18.2 Å². The average Bonchev–Trinajstić information content (AvgIpc) is 3.45. The number of piperidine rings is 1. The van der Waals surface area contributed by atoms with Crippen molar-refractivity contribution in [2.24, 2.45) is 0 Å². The number of aromatic nitrogens is 4. The van der Waals surface area contributed by atoms with E-state index in [2.05, 4.69) is 15.1 Å². The molecule has 1 atom stereocenters. The summed E-state index contributed by atoms with van der Waals surface area (Å²) in [4.78, 5) is 32.8. The van der Waals surface area contributed by atoms with Gasteiger partial charge in [0.2, 0.25) is 5.95 Å². The number of carbonyl (C=O) groups is 1. The van der Waals surface area contributed by atoms with Crippen LogP contribution < -0.4 is 5.32 Å². The van der Waals surface area contributed by atoms with Crippen molar-refractivity contribution in [1.29, 1.82) is 0 Å². The van der Waals surface area contributed by atoms with Gasteiger partial charge in [0.15, 0.2) is 10.6 Å². The van der Waals surface area contributed by atoms with Gasteiger partial charge in [-0.15, -0.1) is 11.3 Å². The van der Waals surface area contributed by atoms with E-state index in [0.717, 1.165) is 40.4 Å². The van der Waals surface area contributed by atoms with Crippen molar-refractivity contribution in [3.05, 3.63) is 59.5 Å². The third-order valence-corrected chi connectivity index (χ3v) is 6.57. The molecule has 1 saturated heterocycles. The molecule has 1 aromatic carbocycles. The van der Waals surface area contributed by atoms with Crippen LogP contribution in [0.15, 0.2) is 48.1 Å². The molecule has 184 valence electrons. The minimum absolute atomic E-state index is 0.0166. The molecule has 0 aliphatic carbocycles. The molecule has 0 spiro atoms. The number of thiazole rings is 1. The molecule has 0 saturated carbocycles. The summed E-state index contributed by atoms with van der Waals surface area (Å²) in [5.41, 5.74) is 3.23. The second-order valence-corrected chi connectivity index (χ2v) is 10.6. The highest BCUT2D eigenvalue weighted by Crippen LogP contribution is 2.35. The molecule has 3 aromatic heterocycles. The minimum Gasteiger partial charge on any atom is -0.444 e. The SMILES string of the molecule is [C-]#[N+]c1cccc(-c2nc3sccn3c2-c2ccnc(N[C@@H]3CCCN(C(=O)OC(C)(C)C)C3)n2)c1. The standard InChI is InChI=1S/C26H27N7O2S/c1-26(2,3)35-25(34)32-12-6-9-19(16-32)29-23-28-11-10-20(30-23)22-21(31-24-33(22)13-14-36-24)17-7-5-8-18(15-17)27-4/h5,7-8,10-11,13-15,19H,6,9,12,16H2,1-3H3,(H,28,29,30)/t19-/m1/s1. The molecule has 1 N–H and O–H groups in total. The van der Waals surface area contributed by atoms with Crippen LogP contribution in [0, 0.1) is 6.57 Å². The lowest BCUT2D eigenvalue weighted by Gasteiger charge is -2.34. The Bertz CT molecular complexity index is 1450. The molecular formula is C26H27N7O2S. The maximum atomic E-state index is 12.6. The van der Waals surface area contributed by atoms with E-state index in [4.69, 9.17) is 21.3 Å². The number of nitrogens with one attached hydrogen (secondary N) is 1. The monoisotopic (exact) mass is 501 g/mol. The van der Waals surface area contributed by atoms with Crippen molar-refractivity contribution in [1.82, 2.24) is 24.3 Å². The second-order valence-electron chi connectivity index (χ2n) is 9.70. The fourth-order valence-corrected chi connectivity index (χ4v) is 5.00. The summed E-state index contributed by atoms with van der Waals surface area (Å²) < 4.78 is 7.56. The Balaban J connectivity index is 1.42. The predicted molar refractivity (Wildman–Crippen MR) is 140 cm³/mol. The van der Waals surface area contributed by atoms with E-state index >= 15 is 0 Å². The highest BCUT2D eigenvalue weighted by molar-refractivity contribution is 7.15. The fraction of sp³-hybridized carbons (Fsp3) is 0.346.